The van der Waals surface area contributed by atoms with Crippen LogP contribution in [-0.2, 0) is 4.84 Å². The zero-order chi connectivity index (χ0) is 12.3. The zero-order valence-electron chi connectivity index (χ0n) is 10.6. The topological polar surface area (TPSA) is 32.7 Å². The van der Waals surface area contributed by atoms with Crippen molar-refractivity contribution in [1.29, 1.82) is 0 Å². The van der Waals surface area contributed by atoms with Crippen LogP contribution in [0.25, 0.3) is 0 Å². The van der Waals surface area contributed by atoms with Crippen LogP contribution in [0, 0.1) is 0 Å². The fraction of sp³-hybridized carbons (Fsp3) is 0.571. The van der Waals surface area contributed by atoms with E-state index in [-0.39, 0.29) is 0 Å². The Kier molecular flexibility index (Phi) is 7.43. The van der Waals surface area contributed by atoms with Gasteiger partial charge in [-0.3, -0.25) is 5.21 Å². The monoisotopic (exact) mass is 237 g/mol. The maximum atomic E-state index is 9.57. The van der Waals surface area contributed by atoms with E-state index in [0.717, 1.165) is 11.6 Å². The third-order valence-electron chi connectivity index (χ3n) is 2.69. The number of hydrogen-bond acceptors (Lipinski definition) is 3. The molecule has 17 heavy (non-hydrogen) atoms. The van der Waals surface area contributed by atoms with E-state index in [2.05, 4.69) is 6.92 Å². The average Bonchev–Trinajstić information content (AvgIpc) is 2.38. The van der Waals surface area contributed by atoms with Crippen molar-refractivity contribution in [2.24, 2.45) is 0 Å². The van der Waals surface area contributed by atoms with Gasteiger partial charge in [0, 0.05) is 0 Å². The van der Waals surface area contributed by atoms with E-state index in [0.29, 0.717) is 12.3 Å². The molecule has 0 bridgehead atoms. The first-order chi connectivity index (χ1) is 8.34. The van der Waals surface area contributed by atoms with Gasteiger partial charge in [0.2, 0.25) is 0 Å². The van der Waals surface area contributed by atoms with Gasteiger partial charge >= 0.3 is 0 Å². The fourth-order valence-electron chi connectivity index (χ4n) is 1.66. The molecular weight excluding hydrogens is 214 g/mol. The lowest BCUT2D eigenvalue weighted by Gasteiger charge is -2.15. The lowest BCUT2D eigenvalue weighted by molar-refractivity contribution is -0.0422. The lowest BCUT2D eigenvalue weighted by atomic mass is 10.1. The summed E-state index contributed by atoms with van der Waals surface area (Å²) in [5.41, 5.74) is 0.665. The third-order valence-corrected chi connectivity index (χ3v) is 2.69. The highest BCUT2D eigenvalue weighted by Crippen LogP contribution is 2.11. The SMILES string of the molecule is CCCCCCCCON(O)c1ccccc1. The molecule has 0 spiro atoms. The second kappa shape index (κ2) is 9.02. The van der Waals surface area contributed by atoms with Crippen LogP contribution < -0.4 is 5.23 Å². The molecule has 0 aliphatic carbocycles. The van der Waals surface area contributed by atoms with Crippen molar-refractivity contribution in [3.63, 3.8) is 0 Å². The van der Waals surface area contributed by atoms with Gasteiger partial charge < -0.3 is 0 Å². The van der Waals surface area contributed by atoms with Crippen molar-refractivity contribution in [2.45, 2.75) is 45.4 Å². The van der Waals surface area contributed by atoms with E-state index >= 15 is 0 Å². The van der Waals surface area contributed by atoms with Gasteiger partial charge in [0.05, 0.1) is 12.3 Å². The van der Waals surface area contributed by atoms with Crippen LogP contribution in [0.3, 0.4) is 0 Å². The summed E-state index contributed by atoms with van der Waals surface area (Å²) in [6.07, 6.45) is 7.31. The highest BCUT2D eigenvalue weighted by atomic mass is 16.9. The molecule has 0 amide bonds. The first-order valence-corrected chi connectivity index (χ1v) is 6.51. The van der Waals surface area contributed by atoms with Gasteiger partial charge in [-0.2, -0.15) is 0 Å². The van der Waals surface area contributed by atoms with Crippen LogP contribution in [0.2, 0.25) is 0 Å². The van der Waals surface area contributed by atoms with Crippen molar-refractivity contribution >= 4 is 5.69 Å². The van der Waals surface area contributed by atoms with Crippen LogP contribution >= 0.6 is 0 Å². The van der Waals surface area contributed by atoms with Gasteiger partial charge in [-0.05, 0) is 18.6 Å². The number of benzene rings is 1. The summed E-state index contributed by atoms with van der Waals surface area (Å²) < 4.78 is 0. The molecule has 0 atom stereocenters. The van der Waals surface area contributed by atoms with Crippen LogP contribution in [-0.4, -0.2) is 11.8 Å². The minimum Gasteiger partial charge on any atom is -0.264 e. The number of unbranched alkanes of at least 4 members (excludes halogenated alkanes) is 5. The fourth-order valence-corrected chi connectivity index (χ4v) is 1.66. The van der Waals surface area contributed by atoms with E-state index in [9.17, 15) is 5.21 Å². The second-order valence-electron chi connectivity index (χ2n) is 4.21. The van der Waals surface area contributed by atoms with Gasteiger partial charge in [0.1, 0.15) is 0 Å². The molecule has 3 heteroatoms. The minimum absolute atomic E-state index is 0.567. The predicted molar refractivity (Wildman–Crippen MR) is 70.0 cm³/mol. The standard InChI is InChI=1S/C14H23NO2/c1-2-3-4-5-6-10-13-17-15(16)14-11-8-7-9-12-14/h7-9,11-12,16H,2-6,10,13H2,1H3. The van der Waals surface area contributed by atoms with Gasteiger partial charge in [-0.25, -0.2) is 4.84 Å². The summed E-state index contributed by atoms with van der Waals surface area (Å²) >= 11 is 0. The van der Waals surface area contributed by atoms with E-state index in [1.54, 1.807) is 12.1 Å². The first-order valence-electron chi connectivity index (χ1n) is 6.51. The number of anilines is 1. The molecule has 0 aromatic heterocycles. The van der Waals surface area contributed by atoms with Crippen LogP contribution in [0.4, 0.5) is 5.69 Å². The van der Waals surface area contributed by atoms with Crippen molar-refractivity contribution < 1.29 is 10.0 Å². The minimum atomic E-state index is 0.567. The quantitative estimate of drug-likeness (QED) is 0.516. The van der Waals surface area contributed by atoms with Crippen molar-refractivity contribution in [2.75, 3.05) is 11.8 Å². The molecule has 1 aromatic carbocycles. The van der Waals surface area contributed by atoms with E-state index in [1.165, 1.54) is 32.1 Å². The second-order valence-corrected chi connectivity index (χ2v) is 4.21. The van der Waals surface area contributed by atoms with Crippen molar-refractivity contribution in [1.82, 2.24) is 0 Å². The van der Waals surface area contributed by atoms with Gasteiger partial charge in [-0.15, -0.1) is 5.23 Å². The number of hydrogen-bond donors (Lipinski definition) is 1. The molecule has 0 aliphatic heterocycles. The van der Waals surface area contributed by atoms with Crippen molar-refractivity contribution in [3.05, 3.63) is 30.3 Å². The molecule has 0 aliphatic rings. The summed E-state index contributed by atoms with van der Waals surface area (Å²) in [5.74, 6) is 0. The molecule has 0 saturated heterocycles. The Hall–Kier alpha value is -1.06. The number of rotatable bonds is 9. The smallest absolute Gasteiger partial charge is 0.0945 e. The van der Waals surface area contributed by atoms with Gasteiger partial charge in [-0.1, -0.05) is 57.2 Å². The first kappa shape index (κ1) is 14.0. The largest absolute Gasteiger partial charge is 0.264 e. The Morgan fingerprint density at radius 1 is 1.00 bits per heavy atom. The molecule has 0 fully saturated rings. The Balaban J connectivity index is 2.03. The Morgan fingerprint density at radius 3 is 2.35 bits per heavy atom. The third kappa shape index (κ3) is 6.29. The van der Waals surface area contributed by atoms with Crippen molar-refractivity contribution in [3.8, 4) is 0 Å². The number of para-hydroxylation sites is 1. The highest BCUT2D eigenvalue weighted by molar-refractivity contribution is 5.40. The summed E-state index contributed by atoms with van der Waals surface area (Å²) in [5, 5.41) is 10.4. The summed E-state index contributed by atoms with van der Waals surface area (Å²) in [4.78, 5) is 5.22. The van der Waals surface area contributed by atoms with E-state index in [1.807, 2.05) is 18.2 Å². The zero-order valence-corrected chi connectivity index (χ0v) is 10.6. The van der Waals surface area contributed by atoms with Crippen LogP contribution in [0.1, 0.15) is 45.4 Å². The number of nitrogens with zero attached hydrogens (tertiary/aromatic N) is 1. The summed E-state index contributed by atoms with van der Waals surface area (Å²) in [7, 11) is 0. The van der Waals surface area contributed by atoms with Gasteiger partial charge in [0.15, 0.2) is 0 Å². The lowest BCUT2D eigenvalue weighted by Crippen LogP contribution is -2.19. The molecule has 0 radical (unpaired) electrons. The normalized spacial score (nSPS) is 10.5. The predicted octanol–water partition coefficient (Wildman–Crippen LogP) is 4.17. The molecule has 0 saturated carbocycles. The summed E-state index contributed by atoms with van der Waals surface area (Å²) in [6, 6.07) is 9.26. The highest BCUT2D eigenvalue weighted by Gasteiger charge is 2.01. The van der Waals surface area contributed by atoms with Crippen LogP contribution in [0.5, 0.6) is 0 Å². The van der Waals surface area contributed by atoms with Gasteiger partial charge in [0.25, 0.3) is 0 Å². The molecule has 1 N–H and O–H groups in total. The van der Waals surface area contributed by atoms with Crippen LogP contribution in [0.15, 0.2) is 30.3 Å². The Bertz CT molecular complexity index is 277. The summed E-state index contributed by atoms with van der Waals surface area (Å²) in [6.45, 7) is 2.78. The maximum absolute atomic E-state index is 9.57. The molecule has 3 nitrogen and oxygen atoms in total. The molecular formula is C14H23NO2. The molecule has 96 valence electrons. The van der Waals surface area contributed by atoms with E-state index in [4.69, 9.17) is 4.84 Å². The molecule has 0 heterocycles. The maximum Gasteiger partial charge on any atom is 0.0945 e. The average molecular weight is 237 g/mol. The Morgan fingerprint density at radius 2 is 1.65 bits per heavy atom. The van der Waals surface area contributed by atoms with E-state index < -0.39 is 0 Å². The Labute approximate surface area is 104 Å². The molecule has 1 rings (SSSR count). The molecule has 0 unspecified atom stereocenters. The molecule has 1 aromatic rings.